The lowest BCUT2D eigenvalue weighted by Gasteiger charge is -2.29. The number of hydrogen-bond acceptors (Lipinski definition) is 2. The summed E-state index contributed by atoms with van der Waals surface area (Å²) in [5.41, 5.74) is 5.76. The van der Waals surface area contributed by atoms with E-state index in [9.17, 15) is 0 Å². The zero-order chi connectivity index (χ0) is 10.7. The van der Waals surface area contributed by atoms with Crippen LogP contribution in [0.15, 0.2) is 0 Å². The number of nitrogens with two attached hydrogens (primary N) is 1. The van der Waals surface area contributed by atoms with Gasteiger partial charge in [-0.25, -0.2) is 0 Å². The number of rotatable bonds is 3. The van der Waals surface area contributed by atoms with E-state index in [0.717, 1.165) is 24.4 Å². The van der Waals surface area contributed by atoms with Crippen molar-refractivity contribution < 1.29 is 0 Å². The van der Waals surface area contributed by atoms with Gasteiger partial charge >= 0.3 is 0 Å². The second-order valence-corrected chi connectivity index (χ2v) is 5.64. The Labute approximate surface area is 106 Å². The molecule has 96 valence electrons. The van der Waals surface area contributed by atoms with Crippen LogP contribution in [0.1, 0.15) is 45.4 Å². The summed E-state index contributed by atoms with van der Waals surface area (Å²) in [5, 5.41) is 0. The van der Waals surface area contributed by atoms with Crippen molar-refractivity contribution in [3.63, 3.8) is 0 Å². The van der Waals surface area contributed by atoms with Gasteiger partial charge in [-0.05, 0) is 44.6 Å². The number of likely N-dealkylation sites (tertiary alicyclic amines) is 1. The Morgan fingerprint density at radius 3 is 2.38 bits per heavy atom. The molecule has 1 saturated carbocycles. The lowest BCUT2D eigenvalue weighted by molar-refractivity contribution is 0.193. The van der Waals surface area contributed by atoms with Gasteiger partial charge in [0.05, 0.1) is 0 Å². The quantitative estimate of drug-likeness (QED) is 0.830. The molecule has 1 aliphatic heterocycles. The molecule has 0 aromatic rings. The first kappa shape index (κ1) is 14.3. The van der Waals surface area contributed by atoms with E-state index in [-0.39, 0.29) is 12.4 Å². The standard InChI is InChI=1S/C13H26N2.ClH/c1-11-7-13(8-14)10-15(11)9-12-5-3-2-4-6-12;/h11-13H,2-10,14H2,1H3;1H. The van der Waals surface area contributed by atoms with Gasteiger partial charge in [-0.1, -0.05) is 19.3 Å². The summed E-state index contributed by atoms with van der Waals surface area (Å²) in [4.78, 5) is 2.69. The van der Waals surface area contributed by atoms with E-state index in [4.69, 9.17) is 5.73 Å². The molecule has 2 N–H and O–H groups in total. The molecule has 2 nitrogen and oxygen atoms in total. The fraction of sp³-hybridized carbons (Fsp3) is 1.00. The van der Waals surface area contributed by atoms with Crippen molar-refractivity contribution in [1.82, 2.24) is 4.90 Å². The SMILES string of the molecule is CC1CC(CN)CN1CC1CCCCC1.Cl. The number of hydrogen-bond donors (Lipinski definition) is 1. The van der Waals surface area contributed by atoms with Gasteiger partial charge in [0.2, 0.25) is 0 Å². The first-order chi connectivity index (χ1) is 7.29. The summed E-state index contributed by atoms with van der Waals surface area (Å²) in [6, 6.07) is 0.778. The van der Waals surface area contributed by atoms with E-state index in [1.165, 1.54) is 51.6 Å². The van der Waals surface area contributed by atoms with Crippen molar-refractivity contribution in [1.29, 1.82) is 0 Å². The highest BCUT2D eigenvalue weighted by Gasteiger charge is 2.29. The Balaban J connectivity index is 0.00000128. The molecule has 2 aliphatic rings. The van der Waals surface area contributed by atoms with Gasteiger partial charge in [0.15, 0.2) is 0 Å². The molecule has 0 aromatic carbocycles. The molecule has 0 aromatic heterocycles. The second kappa shape index (κ2) is 6.83. The smallest absolute Gasteiger partial charge is 0.00707 e. The highest BCUT2D eigenvalue weighted by Crippen LogP contribution is 2.28. The second-order valence-electron chi connectivity index (χ2n) is 5.64. The Morgan fingerprint density at radius 1 is 1.12 bits per heavy atom. The molecule has 0 radical (unpaired) electrons. The molecule has 0 amide bonds. The molecule has 1 heterocycles. The zero-order valence-electron chi connectivity index (χ0n) is 10.5. The molecule has 2 atom stereocenters. The number of nitrogens with zero attached hydrogens (tertiary/aromatic N) is 1. The van der Waals surface area contributed by atoms with Gasteiger partial charge in [-0.3, -0.25) is 0 Å². The van der Waals surface area contributed by atoms with E-state index >= 15 is 0 Å². The maximum absolute atomic E-state index is 5.76. The van der Waals surface area contributed by atoms with Crippen LogP contribution < -0.4 is 5.73 Å². The average molecular weight is 247 g/mol. The largest absolute Gasteiger partial charge is 0.330 e. The Bertz CT molecular complexity index is 192. The van der Waals surface area contributed by atoms with Gasteiger partial charge in [-0.2, -0.15) is 0 Å². The lowest BCUT2D eigenvalue weighted by atomic mass is 9.89. The molecule has 2 fully saturated rings. The van der Waals surface area contributed by atoms with Crippen LogP contribution in [0.25, 0.3) is 0 Å². The summed E-state index contributed by atoms with van der Waals surface area (Å²) < 4.78 is 0. The monoisotopic (exact) mass is 246 g/mol. The minimum absolute atomic E-state index is 0. The molecule has 1 saturated heterocycles. The van der Waals surface area contributed by atoms with Crippen LogP contribution in [0.5, 0.6) is 0 Å². The fourth-order valence-electron chi connectivity index (χ4n) is 3.34. The molecule has 3 heteroatoms. The topological polar surface area (TPSA) is 29.3 Å². The summed E-state index contributed by atoms with van der Waals surface area (Å²) >= 11 is 0. The molecule has 1 aliphatic carbocycles. The maximum Gasteiger partial charge on any atom is 0.00707 e. The molecule has 0 spiro atoms. The van der Waals surface area contributed by atoms with Crippen molar-refractivity contribution in [3.05, 3.63) is 0 Å². The predicted molar refractivity (Wildman–Crippen MR) is 72.0 cm³/mol. The third-order valence-corrected chi connectivity index (χ3v) is 4.34. The normalized spacial score (nSPS) is 32.6. The van der Waals surface area contributed by atoms with Crippen molar-refractivity contribution in [2.45, 2.75) is 51.5 Å². The summed E-state index contributed by atoms with van der Waals surface area (Å²) in [6.45, 7) is 5.86. The van der Waals surface area contributed by atoms with Crippen molar-refractivity contribution in [3.8, 4) is 0 Å². The predicted octanol–water partition coefficient (Wildman–Crippen LogP) is 2.66. The van der Waals surface area contributed by atoms with Gasteiger partial charge in [0, 0.05) is 19.1 Å². The van der Waals surface area contributed by atoms with Gasteiger partial charge in [0.1, 0.15) is 0 Å². The molecule has 2 rings (SSSR count). The van der Waals surface area contributed by atoms with Crippen LogP contribution in [0.2, 0.25) is 0 Å². The first-order valence-electron chi connectivity index (χ1n) is 6.73. The van der Waals surface area contributed by atoms with Crippen molar-refractivity contribution in [2.75, 3.05) is 19.6 Å². The van der Waals surface area contributed by atoms with E-state index in [1.54, 1.807) is 0 Å². The minimum atomic E-state index is 0. The van der Waals surface area contributed by atoms with Crippen LogP contribution in [0, 0.1) is 11.8 Å². The van der Waals surface area contributed by atoms with Gasteiger partial charge in [0.25, 0.3) is 0 Å². The summed E-state index contributed by atoms with van der Waals surface area (Å²) in [5.74, 6) is 1.75. The average Bonchev–Trinajstić information content (AvgIpc) is 2.61. The molecule has 16 heavy (non-hydrogen) atoms. The van der Waals surface area contributed by atoms with Crippen molar-refractivity contribution in [2.24, 2.45) is 17.6 Å². The van der Waals surface area contributed by atoms with Crippen LogP contribution in [-0.4, -0.2) is 30.6 Å². The Hall–Kier alpha value is 0.210. The molecular formula is C13H27ClN2. The van der Waals surface area contributed by atoms with E-state index in [2.05, 4.69) is 11.8 Å². The maximum atomic E-state index is 5.76. The van der Waals surface area contributed by atoms with E-state index in [1.807, 2.05) is 0 Å². The van der Waals surface area contributed by atoms with Crippen LogP contribution in [-0.2, 0) is 0 Å². The van der Waals surface area contributed by atoms with Crippen LogP contribution in [0.4, 0.5) is 0 Å². The van der Waals surface area contributed by atoms with Gasteiger partial charge in [-0.15, -0.1) is 12.4 Å². The minimum Gasteiger partial charge on any atom is -0.330 e. The van der Waals surface area contributed by atoms with Crippen LogP contribution >= 0.6 is 12.4 Å². The molecular weight excluding hydrogens is 220 g/mol. The summed E-state index contributed by atoms with van der Waals surface area (Å²) in [7, 11) is 0. The first-order valence-corrected chi connectivity index (χ1v) is 6.73. The van der Waals surface area contributed by atoms with Crippen LogP contribution in [0.3, 0.4) is 0 Å². The Morgan fingerprint density at radius 2 is 1.81 bits per heavy atom. The lowest BCUT2D eigenvalue weighted by Crippen LogP contribution is -2.33. The number of halogens is 1. The molecule has 2 unspecified atom stereocenters. The Kier molecular flexibility index (Phi) is 6.09. The van der Waals surface area contributed by atoms with Crippen molar-refractivity contribution >= 4 is 12.4 Å². The highest BCUT2D eigenvalue weighted by molar-refractivity contribution is 5.85. The van der Waals surface area contributed by atoms with Gasteiger partial charge < -0.3 is 10.6 Å². The third kappa shape index (κ3) is 3.61. The highest BCUT2D eigenvalue weighted by atomic mass is 35.5. The van der Waals surface area contributed by atoms with E-state index < -0.39 is 0 Å². The fourth-order valence-corrected chi connectivity index (χ4v) is 3.34. The van der Waals surface area contributed by atoms with E-state index in [0.29, 0.717) is 0 Å². The third-order valence-electron chi connectivity index (χ3n) is 4.34. The zero-order valence-corrected chi connectivity index (χ0v) is 11.3. The molecule has 0 bridgehead atoms. The summed E-state index contributed by atoms with van der Waals surface area (Å²) in [6.07, 6.45) is 8.66.